The Bertz CT molecular complexity index is 242. The van der Waals surface area contributed by atoms with E-state index in [9.17, 15) is 4.79 Å². The van der Waals surface area contributed by atoms with Gasteiger partial charge in [0.2, 0.25) is 0 Å². The molecule has 4 nitrogen and oxygen atoms in total. The summed E-state index contributed by atoms with van der Waals surface area (Å²) < 4.78 is 5.25. The molecule has 1 atom stereocenters. The molecule has 1 aliphatic rings. The van der Waals surface area contributed by atoms with Gasteiger partial charge in [-0.25, -0.2) is 4.79 Å². The van der Waals surface area contributed by atoms with Crippen LogP contribution < -0.4 is 0 Å². The molecule has 1 unspecified atom stereocenters. The molecular formula is C11H20BrNO3. The summed E-state index contributed by atoms with van der Waals surface area (Å²) in [5, 5.41) is 9.88. The maximum atomic E-state index is 11.6. The number of hydrogen-bond donors (Lipinski definition) is 1. The fourth-order valence-corrected chi connectivity index (χ4v) is 2.34. The van der Waals surface area contributed by atoms with Crippen molar-refractivity contribution < 1.29 is 14.6 Å². The number of carbonyl (C=O) groups excluding carboxylic acids is 1. The number of aliphatic hydroxyl groups excluding tert-OH is 1. The molecule has 0 saturated carbocycles. The number of carbonyl (C=O) groups is 1. The van der Waals surface area contributed by atoms with E-state index in [2.05, 4.69) is 15.9 Å². The molecule has 0 bridgehead atoms. The zero-order chi connectivity index (χ0) is 12.3. The zero-order valence-electron chi connectivity index (χ0n) is 10.1. The van der Waals surface area contributed by atoms with E-state index in [0.29, 0.717) is 19.0 Å². The molecule has 1 amide bonds. The van der Waals surface area contributed by atoms with Gasteiger partial charge >= 0.3 is 6.09 Å². The van der Waals surface area contributed by atoms with Crippen molar-refractivity contribution in [2.45, 2.75) is 26.4 Å². The minimum absolute atomic E-state index is 0.165. The van der Waals surface area contributed by atoms with Gasteiger partial charge in [-0.05, 0) is 26.7 Å². The number of amides is 1. The first-order valence-corrected chi connectivity index (χ1v) is 6.64. The second kappa shape index (κ2) is 5.36. The highest BCUT2D eigenvalue weighted by Crippen LogP contribution is 2.26. The molecule has 1 N–H and O–H groups in total. The van der Waals surface area contributed by atoms with Crippen molar-refractivity contribution in [1.29, 1.82) is 0 Å². The molecule has 94 valence electrons. The number of alkyl halides is 1. The largest absolute Gasteiger partial charge is 0.444 e. The summed E-state index contributed by atoms with van der Waals surface area (Å²) in [5.74, 6) is 0.621. The van der Waals surface area contributed by atoms with Crippen LogP contribution in [0.5, 0.6) is 0 Å². The molecule has 0 spiro atoms. The Hall–Kier alpha value is -0.290. The lowest BCUT2D eigenvalue weighted by Crippen LogP contribution is -2.54. The van der Waals surface area contributed by atoms with Crippen molar-refractivity contribution in [1.82, 2.24) is 4.90 Å². The van der Waals surface area contributed by atoms with Gasteiger partial charge in [-0.3, -0.25) is 0 Å². The number of halogens is 1. The smallest absolute Gasteiger partial charge is 0.410 e. The molecule has 1 saturated heterocycles. The van der Waals surface area contributed by atoms with Crippen molar-refractivity contribution >= 4 is 22.0 Å². The van der Waals surface area contributed by atoms with Gasteiger partial charge in [0.05, 0.1) is 0 Å². The SMILES string of the molecule is CC(C)(C)OC(=O)N1CC(C(CO)CBr)C1. The molecule has 0 aromatic rings. The van der Waals surface area contributed by atoms with Crippen LogP contribution in [0.2, 0.25) is 0 Å². The zero-order valence-corrected chi connectivity index (χ0v) is 11.7. The molecule has 1 aliphatic heterocycles. The monoisotopic (exact) mass is 293 g/mol. The third-order valence-electron chi connectivity index (χ3n) is 2.66. The van der Waals surface area contributed by atoms with Crippen molar-refractivity contribution in [3.63, 3.8) is 0 Å². The summed E-state index contributed by atoms with van der Waals surface area (Å²) in [6, 6.07) is 0. The minimum atomic E-state index is -0.437. The molecule has 5 heteroatoms. The number of ether oxygens (including phenoxy) is 1. The van der Waals surface area contributed by atoms with Crippen LogP contribution in [0.4, 0.5) is 4.79 Å². The number of aliphatic hydroxyl groups is 1. The Morgan fingerprint density at radius 3 is 2.50 bits per heavy atom. The highest BCUT2D eigenvalue weighted by molar-refractivity contribution is 9.09. The third kappa shape index (κ3) is 3.63. The summed E-state index contributed by atoms with van der Waals surface area (Å²) in [5.41, 5.74) is -0.437. The van der Waals surface area contributed by atoms with E-state index in [1.807, 2.05) is 20.8 Å². The molecule has 16 heavy (non-hydrogen) atoms. The van der Waals surface area contributed by atoms with Crippen molar-refractivity contribution in [3.8, 4) is 0 Å². The number of hydrogen-bond acceptors (Lipinski definition) is 3. The fraction of sp³-hybridized carbons (Fsp3) is 0.909. The molecule has 1 heterocycles. The fourth-order valence-electron chi connectivity index (χ4n) is 1.61. The van der Waals surface area contributed by atoms with Crippen LogP contribution in [0, 0.1) is 11.8 Å². The van der Waals surface area contributed by atoms with E-state index < -0.39 is 5.60 Å². The van der Waals surface area contributed by atoms with Crippen LogP contribution >= 0.6 is 15.9 Å². The first kappa shape index (κ1) is 13.8. The average Bonchev–Trinajstić information content (AvgIpc) is 2.06. The topological polar surface area (TPSA) is 49.8 Å². The predicted octanol–water partition coefficient (Wildman–Crippen LogP) is 1.86. The van der Waals surface area contributed by atoms with Gasteiger partial charge in [0.15, 0.2) is 0 Å². The van der Waals surface area contributed by atoms with E-state index in [1.165, 1.54) is 0 Å². The maximum Gasteiger partial charge on any atom is 0.410 e. The molecule has 0 radical (unpaired) electrons. The Morgan fingerprint density at radius 2 is 2.12 bits per heavy atom. The van der Waals surface area contributed by atoms with Gasteiger partial charge in [-0.15, -0.1) is 0 Å². The van der Waals surface area contributed by atoms with Gasteiger partial charge in [0.1, 0.15) is 5.60 Å². The standard InChI is InChI=1S/C11H20BrNO3/c1-11(2,3)16-10(15)13-5-9(6-13)8(4-12)7-14/h8-9,14H,4-7H2,1-3H3. The second-order valence-corrected chi connectivity index (χ2v) is 5.89. The van der Waals surface area contributed by atoms with Gasteiger partial charge in [-0.1, -0.05) is 15.9 Å². The second-order valence-electron chi connectivity index (χ2n) is 5.24. The summed E-state index contributed by atoms with van der Waals surface area (Å²) in [4.78, 5) is 13.3. The van der Waals surface area contributed by atoms with Gasteiger partial charge in [0, 0.05) is 30.9 Å². The van der Waals surface area contributed by atoms with E-state index in [1.54, 1.807) is 4.90 Å². The van der Waals surface area contributed by atoms with E-state index in [-0.39, 0.29) is 18.6 Å². The van der Waals surface area contributed by atoms with Crippen LogP contribution in [-0.2, 0) is 4.74 Å². The molecule has 0 aliphatic carbocycles. The summed E-state index contributed by atoms with van der Waals surface area (Å²) in [6.07, 6.45) is -0.255. The van der Waals surface area contributed by atoms with E-state index in [4.69, 9.17) is 9.84 Å². The highest BCUT2D eigenvalue weighted by atomic mass is 79.9. The van der Waals surface area contributed by atoms with Gasteiger partial charge < -0.3 is 14.7 Å². The van der Waals surface area contributed by atoms with Crippen LogP contribution in [0.15, 0.2) is 0 Å². The quantitative estimate of drug-likeness (QED) is 0.808. The number of likely N-dealkylation sites (tertiary alicyclic amines) is 1. The van der Waals surface area contributed by atoms with Gasteiger partial charge in [0.25, 0.3) is 0 Å². The van der Waals surface area contributed by atoms with Gasteiger partial charge in [-0.2, -0.15) is 0 Å². The van der Waals surface area contributed by atoms with Crippen molar-refractivity contribution in [3.05, 3.63) is 0 Å². The minimum Gasteiger partial charge on any atom is -0.444 e. The van der Waals surface area contributed by atoms with E-state index >= 15 is 0 Å². The van der Waals surface area contributed by atoms with Crippen LogP contribution in [-0.4, -0.2) is 46.7 Å². The maximum absolute atomic E-state index is 11.6. The Kier molecular flexibility index (Phi) is 4.62. The number of nitrogens with zero attached hydrogens (tertiary/aromatic N) is 1. The normalized spacial score (nSPS) is 19.2. The average molecular weight is 294 g/mol. The summed E-state index contributed by atoms with van der Waals surface area (Å²) >= 11 is 3.36. The number of rotatable bonds is 3. The van der Waals surface area contributed by atoms with Crippen LogP contribution in [0.3, 0.4) is 0 Å². The van der Waals surface area contributed by atoms with Crippen LogP contribution in [0.25, 0.3) is 0 Å². The predicted molar refractivity (Wildman–Crippen MR) is 65.7 cm³/mol. The van der Waals surface area contributed by atoms with Crippen molar-refractivity contribution in [2.24, 2.45) is 11.8 Å². The molecule has 1 fully saturated rings. The third-order valence-corrected chi connectivity index (χ3v) is 3.49. The Morgan fingerprint density at radius 1 is 1.56 bits per heavy atom. The lowest BCUT2D eigenvalue weighted by Gasteiger charge is -2.42. The molecule has 0 aromatic carbocycles. The highest BCUT2D eigenvalue weighted by Gasteiger charge is 2.37. The summed E-state index contributed by atoms with van der Waals surface area (Å²) in [6.45, 7) is 7.11. The molecule has 1 rings (SSSR count). The van der Waals surface area contributed by atoms with Crippen LogP contribution in [0.1, 0.15) is 20.8 Å². The lowest BCUT2D eigenvalue weighted by atomic mass is 9.88. The Labute approximate surface area is 105 Å². The lowest BCUT2D eigenvalue weighted by molar-refractivity contribution is -0.0138. The summed E-state index contributed by atoms with van der Waals surface area (Å²) in [7, 11) is 0. The molecular weight excluding hydrogens is 274 g/mol. The molecule has 0 aromatic heterocycles. The Balaban J connectivity index is 2.33. The first-order valence-electron chi connectivity index (χ1n) is 5.52. The first-order chi connectivity index (χ1) is 7.37. The van der Waals surface area contributed by atoms with E-state index in [0.717, 1.165) is 5.33 Å². The van der Waals surface area contributed by atoms with Crippen molar-refractivity contribution in [2.75, 3.05) is 25.0 Å².